The average Bonchev–Trinajstić information content (AvgIpc) is 2.33. The Kier molecular flexibility index (Phi) is 2.32. The molecular weight excluding hydrogens is 146 g/mol. The topological polar surface area (TPSA) is 30.7 Å². The molecule has 0 spiro atoms. The Bertz CT molecular complexity index is 207. The van der Waals surface area contributed by atoms with Gasteiger partial charge in [0.05, 0.1) is 6.20 Å². The molecule has 0 fully saturated rings. The van der Waals surface area contributed by atoms with E-state index in [-0.39, 0.29) is 0 Å². The monoisotopic (exact) mass is 157 g/mol. The number of hydrogen-bond donors (Lipinski definition) is 0. The molecule has 1 rings (SSSR count). The molecule has 1 aromatic rings. The predicted octanol–water partition coefficient (Wildman–Crippen LogP) is 1.58. The lowest BCUT2D eigenvalue weighted by Gasteiger charge is -2.05. The third-order valence-corrected chi connectivity index (χ3v) is 1.95. The molecule has 1 heterocycles. The van der Waals surface area contributed by atoms with E-state index >= 15 is 0 Å². The van der Waals surface area contributed by atoms with Gasteiger partial charge < -0.3 is 0 Å². The fourth-order valence-corrected chi connectivity index (χ4v) is 1.33. The van der Waals surface area contributed by atoms with Gasteiger partial charge in [-0.25, -0.2) is 4.68 Å². The van der Waals surface area contributed by atoms with Crippen molar-refractivity contribution in [2.45, 2.75) is 24.9 Å². The van der Waals surface area contributed by atoms with Crippen molar-refractivity contribution >= 4 is 11.8 Å². The molecule has 4 heteroatoms. The van der Waals surface area contributed by atoms with Crippen LogP contribution in [-0.4, -0.2) is 21.2 Å². The van der Waals surface area contributed by atoms with Crippen molar-refractivity contribution in [3.05, 3.63) is 6.20 Å². The molecule has 56 valence electrons. The minimum Gasteiger partial charge on any atom is -0.236 e. The van der Waals surface area contributed by atoms with Crippen LogP contribution in [0.15, 0.2) is 11.2 Å². The van der Waals surface area contributed by atoms with Gasteiger partial charge in [-0.1, -0.05) is 5.21 Å². The van der Waals surface area contributed by atoms with Crippen LogP contribution in [0.4, 0.5) is 0 Å². The molecule has 0 aliphatic carbocycles. The van der Waals surface area contributed by atoms with Crippen molar-refractivity contribution in [1.82, 2.24) is 15.0 Å². The van der Waals surface area contributed by atoms with Gasteiger partial charge in [-0.15, -0.1) is 16.9 Å². The molecule has 0 atom stereocenters. The van der Waals surface area contributed by atoms with Crippen LogP contribution in [0.1, 0.15) is 19.9 Å². The lowest BCUT2D eigenvalue weighted by molar-refractivity contribution is 0.479. The second-order valence-electron chi connectivity index (χ2n) is 2.31. The molecule has 0 saturated heterocycles. The summed E-state index contributed by atoms with van der Waals surface area (Å²) in [6, 6.07) is 0.407. The van der Waals surface area contributed by atoms with Gasteiger partial charge in [-0.05, 0) is 20.1 Å². The smallest absolute Gasteiger partial charge is 0.114 e. The maximum Gasteiger partial charge on any atom is 0.114 e. The highest BCUT2D eigenvalue weighted by atomic mass is 32.2. The predicted molar refractivity (Wildman–Crippen MR) is 42.2 cm³/mol. The van der Waals surface area contributed by atoms with Gasteiger partial charge in [0.1, 0.15) is 5.03 Å². The largest absolute Gasteiger partial charge is 0.236 e. The van der Waals surface area contributed by atoms with Crippen LogP contribution < -0.4 is 0 Å². The van der Waals surface area contributed by atoms with E-state index in [1.165, 1.54) is 0 Å². The quantitative estimate of drug-likeness (QED) is 0.611. The van der Waals surface area contributed by atoms with Gasteiger partial charge in [0.25, 0.3) is 0 Å². The second kappa shape index (κ2) is 3.05. The molecule has 0 aromatic carbocycles. The lowest BCUT2D eigenvalue weighted by Crippen LogP contribution is -2.03. The van der Waals surface area contributed by atoms with Crippen LogP contribution in [0.3, 0.4) is 0 Å². The number of nitrogens with zero attached hydrogens (tertiary/aromatic N) is 3. The molecule has 0 saturated carbocycles. The van der Waals surface area contributed by atoms with E-state index in [0.29, 0.717) is 6.04 Å². The van der Waals surface area contributed by atoms with Crippen molar-refractivity contribution in [3.63, 3.8) is 0 Å². The van der Waals surface area contributed by atoms with Crippen LogP contribution in [0, 0.1) is 0 Å². The summed E-state index contributed by atoms with van der Waals surface area (Å²) in [6.45, 7) is 4.18. The van der Waals surface area contributed by atoms with Gasteiger partial charge in [0.15, 0.2) is 0 Å². The van der Waals surface area contributed by atoms with Gasteiger partial charge in [0.2, 0.25) is 0 Å². The van der Waals surface area contributed by atoms with Crippen LogP contribution in [-0.2, 0) is 0 Å². The fraction of sp³-hybridized carbons (Fsp3) is 0.667. The van der Waals surface area contributed by atoms with Crippen molar-refractivity contribution < 1.29 is 0 Å². The van der Waals surface area contributed by atoms with E-state index in [1.807, 2.05) is 10.9 Å². The fourth-order valence-electron chi connectivity index (χ4n) is 0.738. The standard InChI is InChI=1S/C6H11N3S/c1-5(2)9-6(10-3)4-7-8-9/h4-5H,1-3H3. The first-order valence-corrected chi connectivity index (χ1v) is 4.42. The maximum atomic E-state index is 3.93. The molecule has 0 N–H and O–H groups in total. The van der Waals surface area contributed by atoms with Crippen LogP contribution in [0.25, 0.3) is 0 Å². The summed E-state index contributed by atoms with van der Waals surface area (Å²) in [4.78, 5) is 0. The SMILES string of the molecule is CSc1cnnn1C(C)C. The number of rotatable bonds is 2. The van der Waals surface area contributed by atoms with E-state index in [2.05, 4.69) is 24.2 Å². The van der Waals surface area contributed by atoms with Gasteiger partial charge >= 0.3 is 0 Å². The summed E-state index contributed by atoms with van der Waals surface area (Å²) in [5.74, 6) is 0. The number of thioether (sulfide) groups is 1. The summed E-state index contributed by atoms with van der Waals surface area (Å²) in [5, 5.41) is 8.86. The molecule has 0 bridgehead atoms. The van der Waals surface area contributed by atoms with Crippen molar-refractivity contribution in [2.75, 3.05) is 6.26 Å². The molecule has 10 heavy (non-hydrogen) atoms. The lowest BCUT2D eigenvalue weighted by atomic mass is 10.4. The van der Waals surface area contributed by atoms with Gasteiger partial charge in [-0.2, -0.15) is 0 Å². The Morgan fingerprint density at radius 2 is 2.30 bits per heavy atom. The van der Waals surface area contributed by atoms with Crippen LogP contribution in [0.2, 0.25) is 0 Å². The molecule has 0 aliphatic rings. The Morgan fingerprint density at radius 1 is 1.60 bits per heavy atom. The molecule has 0 amide bonds. The minimum atomic E-state index is 0.407. The van der Waals surface area contributed by atoms with Gasteiger partial charge in [0, 0.05) is 6.04 Å². The zero-order valence-electron chi connectivity index (χ0n) is 6.40. The highest BCUT2D eigenvalue weighted by Gasteiger charge is 2.03. The van der Waals surface area contributed by atoms with Crippen molar-refractivity contribution in [1.29, 1.82) is 0 Å². The summed E-state index contributed by atoms with van der Waals surface area (Å²) < 4.78 is 1.91. The van der Waals surface area contributed by atoms with Crippen LogP contribution >= 0.6 is 11.8 Å². The molecular formula is C6H11N3S. The first-order chi connectivity index (χ1) is 4.75. The van der Waals surface area contributed by atoms with Crippen LogP contribution in [0.5, 0.6) is 0 Å². The minimum absolute atomic E-state index is 0.407. The normalized spacial score (nSPS) is 10.8. The molecule has 0 radical (unpaired) electrons. The number of aromatic nitrogens is 3. The van der Waals surface area contributed by atoms with E-state index in [9.17, 15) is 0 Å². The Labute approximate surface area is 64.8 Å². The molecule has 1 aromatic heterocycles. The first kappa shape index (κ1) is 7.60. The van der Waals surface area contributed by atoms with Crippen molar-refractivity contribution in [2.24, 2.45) is 0 Å². The zero-order valence-corrected chi connectivity index (χ0v) is 7.22. The van der Waals surface area contributed by atoms with Crippen molar-refractivity contribution in [3.8, 4) is 0 Å². The van der Waals surface area contributed by atoms with E-state index < -0.39 is 0 Å². The highest BCUT2D eigenvalue weighted by molar-refractivity contribution is 7.98. The zero-order chi connectivity index (χ0) is 7.56. The Balaban J connectivity index is 2.90. The summed E-state index contributed by atoms with van der Waals surface area (Å²) in [5.41, 5.74) is 0. The molecule has 0 unspecified atom stereocenters. The summed E-state index contributed by atoms with van der Waals surface area (Å²) in [7, 11) is 0. The summed E-state index contributed by atoms with van der Waals surface area (Å²) >= 11 is 1.67. The molecule has 3 nitrogen and oxygen atoms in total. The molecule has 0 aliphatic heterocycles. The summed E-state index contributed by atoms with van der Waals surface area (Å²) in [6.07, 6.45) is 3.81. The van der Waals surface area contributed by atoms with Gasteiger partial charge in [-0.3, -0.25) is 0 Å². The third-order valence-electron chi connectivity index (χ3n) is 1.24. The van der Waals surface area contributed by atoms with E-state index in [0.717, 1.165) is 5.03 Å². The second-order valence-corrected chi connectivity index (χ2v) is 3.14. The first-order valence-electron chi connectivity index (χ1n) is 3.20. The Hall–Kier alpha value is -0.510. The number of hydrogen-bond acceptors (Lipinski definition) is 3. The third kappa shape index (κ3) is 1.31. The maximum absolute atomic E-state index is 3.93. The average molecular weight is 157 g/mol. The van der Waals surface area contributed by atoms with E-state index in [4.69, 9.17) is 0 Å². The van der Waals surface area contributed by atoms with E-state index in [1.54, 1.807) is 18.0 Å². The Morgan fingerprint density at radius 3 is 2.70 bits per heavy atom. The highest BCUT2D eigenvalue weighted by Crippen LogP contribution is 2.15.